The Kier molecular flexibility index (Phi) is 7.44. The van der Waals surface area contributed by atoms with E-state index in [4.69, 9.17) is 4.74 Å². The van der Waals surface area contributed by atoms with Crippen LogP contribution < -0.4 is 15.4 Å². The summed E-state index contributed by atoms with van der Waals surface area (Å²) in [5.74, 6) is -1.51. The van der Waals surface area contributed by atoms with E-state index >= 15 is 0 Å². The molecule has 0 fully saturated rings. The number of nitrogens with zero attached hydrogens (tertiary/aromatic N) is 1. The second kappa shape index (κ2) is 11.3. The zero-order chi connectivity index (χ0) is 27.4. The molecule has 10 heteroatoms. The molecule has 198 valence electrons. The fourth-order valence-corrected chi connectivity index (χ4v) is 4.26. The van der Waals surface area contributed by atoms with E-state index in [0.29, 0.717) is 35.2 Å². The Labute approximate surface area is 221 Å². The smallest absolute Gasteiger partial charge is 0.325 e. The van der Waals surface area contributed by atoms with E-state index in [-0.39, 0.29) is 17.9 Å². The number of benzene rings is 2. The monoisotopic (exact) mass is 532 g/mol. The minimum Gasteiger partial charge on any atom is -0.453 e. The molecule has 4 aromatic rings. The Hall–Kier alpha value is -4.86. The number of fused-ring (bicyclic) bond motifs is 1. The van der Waals surface area contributed by atoms with Crippen molar-refractivity contribution in [2.45, 2.75) is 25.4 Å². The van der Waals surface area contributed by atoms with Crippen LogP contribution in [0.1, 0.15) is 17.5 Å². The predicted molar refractivity (Wildman–Crippen MR) is 140 cm³/mol. The van der Waals surface area contributed by atoms with Crippen LogP contribution in [0.25, 0.3) is 11.0 Å². The van der Waals surface area contributed by atoms with Gasteiger partial charge in [-0.25, -0.2) is 22.9 Å². The lowest BCUT2D eigenvalue weighted by molar-refractivity contribution is -0.119. The fourth-order valence-electron chi connectivity index (χ4n) is 4.26. The van der Waals surface area contributed by atoms with E-state index in [0.717, 1.165) is 17.2 Å². The maximum atomic E-state index is 14.9. The highest BCUT2D eigenvalue weighted by atomic mass is 19.1. The van der Waals surface area contributed by atoms with Crippen molar-refractivity contribution >= 4 is 28.7 Å². The van der Waals surface area contributed by atoms with Crippen molar-refractivity contribution < 1.29 is 27.5 Å². The molecule has 0 radical (unpaired) electrons. The number of hydrogen-bond acceptors (Lipinski definition) is 4. The van der Waals surface area contributed by atoms with Crippen molar-refractivity contribution in [3.63, 3.8) is 0 Å². The van der Waals surface area contributed by atoms with Crippen LogP contribution in [0.2, 0.25) is 0 Å². The lowest BCUT2D eigenvalue weighted by Crippen LogP contribution is -2.35. The van der Waals surface area contributed by atoms with Crippen molar-refractivity contribution in [3.8, 4) is 11.5 Å². The maximum Gasteiger partial charge on any atom is 0.325 e. The first kappa shape index (κ1) is 25.8. The average Bonchev–Trinajstić information content (AvgIpc) is 3.30. The summed E-state index contributed by atoms with van der Waals surface area (Å²) in [5, 5.41) is 5.19. The molecule has 3 N–H and O–H groups in total. The standard InChI is InChI=1S/C29H23F3N4O3/c30-20-6-4-17(5-7-20)14-26(37)36-29(38)35-22-8-9-24(23(32)15-22)39-25-10-11-33-28-27(25)19(16-34-28)12-18-2-1-3-21(31)13-18/h1-2,4-11,13,15-16,21H,3,12,14H2,(H,33,34)(H2,35,36,37,38). The third-order valence-electron chi connectivity index (χ3n) is 6.04. The number of amides is 3. The molecule has 3 amide bonds. The largest absolute Gasteiger partial charge is 0.453 e. The van der Waals surface area contributed by atoms with Gasteiger partial charge in [0.2, 0.25) is 5.91 Å². The van der Waals surface area contributed by atoms with Gasteiger partial charge in [-0.3, -0.25) is 10.1 Å². The molecule has 1 atom stereocenters. The van der Waals surface area contributed by atoms with Crippen molar-refractivity contribution in [3.05, 3.63) is 107 Å². The highest BCUT2D eigenvalue weighted by molar-refractivity contribution is 6.01. The topological polar surface area (TPSA) is 96.1 Å². The van der Waals surface area contributed by atoms with Crippen LogP contribution in [0.5, 0.6) is 11.5 Å². The van der Waals surface area contributed by atoms with Crippen molar-refractivity contribution in [2.75, 3.05) is 5.32 Å². The van der Waals surface area contributed by atoms with E-state index < -0.39 is 29.7 Å². The number of aromatic nitrogens is 2. The number of allylic oxidation sites excluding steroid dienone is 4. The molecule has 39 heavy (non-hydrogen) atoms. The number of pyridine rings is 1. The van der Waals surface area contributed by atoms with Gasteiger partial charge < -0.3 is 15.0 Å². The summed E-state index contributed by atoms with van der Waals surface area (Å²) in [6, 6.07) is 9.93. The number of hydrogen-bond donors (Lipinski definition) is 3. The van der Waals surface area contributed by atoms with Crippen LogP contribution in [-0.2, 0) is 17.6 Å². The molecule has 2 aromatic carbocycles. The molecule has 2 heterocycles. The molecule has 0 aliphatic heterocycles. The molecule has 0 spiro atoms. The molecular weight excluding hydrogens is 509 g/mol. The third-order valence-corrected chi connectivity index (χ3v) is 6.04. The zero-order valence-corrected chi connectivity index (χ0v) is 20.5. The minimum absolute atomic E-state index is 0.0893. The SMILES string of the molecule is O=C(Cc1ccc(F)cc1)NC(=O)Nc1ccc(Oc2ccnc3[nH]cc(CC4=CC(F)CC=C4)c23)c(F)c1. The molecule has 0 bridgehead atoms. The Balaban J connectivity index is 1.26. The molecule has 1 unspecified atom stereocenters. The van der Waals surface area contributed by atoms with Gasteiger partial charge in [0.05, 0.1) is 11.8 Å². The number of aromatic amines is 1. The number of anilines is 1. The molecule has 0 saturated carbocycles. The average molecular weight is 533 g/mol. The summed E-state index contributed by atoms with van der Waals surface area (Å²) >= 11 is 0. The van der Waals surface area contributed by atoms with E-state index in [1.165, 1.54) is 42.6 Å². The molecule has 1 aliphatic carbocycles. The summed E-state index contributed by atoms with van der Waals surface area (Å²) < 4.78 is 47.6. The number of urea groups is 1. The molecule has 5 rings (SSSR count). The molecule has 2 aromatic heterocycles. The van der Waals surface area contributed by atoms with Crippen LogP contribution in [0.4, 0.5) is 23.7 Å². The van der Waals surface area contributed by atoms with Crippen molar-refractivity contribution in [2.24, 2.45) is 0 Å². The first-order chi connectivity index (χ1) is 18.8. The first-order valence-electron chi connectivity index (χ1n) is 12.1. The number of alkyl halides is 1. The van der Waals surface area contributed by atoms with Gasteiger partial charge in [0, 0.05) is 30.6 Å². The van der Waals surface area contributed by atoms with Gasteiger partial charge in [0.15, 0.2) is 11.6 Å². The summed E-state index contributed by atoms with van der Waals surface area (Å²) in [7, 11) is 0. The highest BCUT2D eigenvalue weighted by Crippen LogP contribution is 2.34. The predicted octanol–water partition coefficient (Wildman–Crippen LogP) is 6.29. The maximum absolute atomic E-state index is 14.9. The number of imide groups is 1. The molecule has 7 nitrogen and oxygen atoms in total. The lowest BCUT2D eigenvalue weighted by atomic mass is 9.99. The van der Waals surface area contributed by atoms with E-state index in [9.17, 15) is 22.8 Å². The van der Waals surface area contributed by atoms with Crippen LogP contribution in [0, 0.1) is 11.6 Å². The van der Waals surface area contributed by atoms with E-state index in [2.05, 4.69) is 20.6 Å². The quantitative estimate of drug-likeness (QED) is 0.261. The summed E-state index contributed by atoms with van der Waals surface area (Å²) in [6.07, 6.45) is 8.18. The number of nitrogens with one attached hydrogen (secondary N) is 3. The van der Waals surface area contributed by atoms with Gasteiger partial charge in [-0.2, -0.15) is 0 Å². The number of rotatable bonds is 7. The summed E-state index contributed by atoms with van der Waals surface area (Å²) in [5.41, 5.74) is 2.81. The number of H-pyrrole nitrogens is 1. The molecule has 1 aliphatic rings. The van der Waals surface area contributed by atoms with E-state index in [1.54, 1.807) is 24.4 Å². The van der Waals surface area contributed by atoms with Crippen molar-refractivity contribution in [1.82, 2.24) is 15.3 Å². The van der Waals surface area contributed by atoms with Gasteiger partial charge in [-0.1, -0.05) is 24.3 Å². The normalized spacial score (nSPS) is 14.6. The second-order valence-electron chi connectivity index (χ2n) is 8.97. The number of carbonyl (C=O) groups is 2. The molecular formula is C29H23F3N4O3. The fraction of sp³-hybridized carbons (Fsp3) is 0.138. The second-order valence-corrected chi connectivity index (χ2v) is 8.97. The third kappa shape index (κ3) is 6.35. The van der Waals surface area contributed by atoms with E-state index in [1.807, 2.05) is 6.08 Å². The van der Waals surface area contributed by atoms with Crippen molar-refractivity contribution in [1.29, 1.82) is 0 Å². The van der Waals surface area contributed by atoms with Gasteiger partial charge in [0.25, 0.3) is 0 Å². The van der Waals surface area contributed by atoms with Gasteiger partial charge in [-0.15, -0.1) is 0 Å². The first-order valence-corrected chi connectivity index (χ1v) is 12.1. The van der Waals surface area contributed by atoms with Crippen LogP contribution in [0.15, 0.2) is 84.7 Å². The Morgan fingerprint density at radius 3 is 2.67 bits per heavy atom. The number of carbonyl (C=O) groups excluding carboxylic acids is 2. The zero-order valence-electron chi connectivity index (χ0n) is 20.5. The minimum atomic E-state index is -1.03. The Morgan fingerprint density at radius 2 is 1.90 bits per heavy atom. The lowest BCUT2D eigenvalue weighted by Gasteiger charge is -2.12. The van der Waals surface area contributed by atoms with Crippen LogP contribution in [0.3, 0.4) is 0 Å². The van der Waals surface area contributed by atoms with Crippen LogP contribution >= 0.6 is 0 Å². The summed E-state index contributed by atoms with van der Waals surface area (Å²) in [6.45, 7) is 0. The number of ether oxygens (including phenoxy) is 1. The van der Waals surface area contributed by atoms with Gasteiger partial charge in [-0.05, 0) is 59.5 Å². The number of halogens is 3. The Morgan fingerprint density at radius 1 is 1.08 bits per heavy atom. The van der Waals surface area contributed by atoms with Gasteiger partial charge in [0.1, 0.15) is 23.4 Å². The highest BCUT2D eigenvalue weighted by Gasteiger charge is 2.17. The summed E-state index contributed by atoms with van der Waals surface area (Å²) in [4.78, 5) is 31.6. The Bertz CT molecular complexity index is 1600. The van der Waals surface area contributed by atoms with Gasteiger partial charge >= 0.3 is 6.03 Å². The van der Waals surface area contributed by atoms with Crippen LogP contribution in [-0.4, -0.2) is 28.1 Å². The molecule has 0 saturated heterocycles.